The first kappa shape index (κ1) is 15.0. The number of carbonyl (C=O) groups excluding carboxylic acids is 1. The van der Waals surface area contributed by atoms with Crippen LogP contribution in [0.1, 0.15) is 20.1 Å². The van der Waals surface area contributed by atoms with E-state index in [0.29, 0.717) is 23.8 Å². The standard InChI is InChI=1S/C15H15N3O2S/c1-20-14-9-11(6-8-17-14)10-18-15(19)13-5-4-12(21-13)3-2-7-16/h4-6,8-9H,7,10,16H2,1H3,(H,18,19). The van der Waals surface area contributed by atoms with Crippen LogP contribution in [0.3, 0.4) is 0 Å². The summed E-state index contributed by atoms with van der Waals surface area (Å²) in [6.45, 7) is 0.725. The fraction of sp³-hybridized carbons (Fsp3) is 0.200. The minimum atomic E-state index is -0.128. The fourth-order valence-electron chi connectivity index (χ4n) is 1.61. The van der Waals surface area contributed by atoms with Crippen molar-refractivity contribution in [1.82, 2.24) is 10.3 Å². The quantitative estimate of drug-likeness (QED) is 0.837. The van der Waals surface area contributed by atoms with Gasteiger partial charge in [0.05, 0.1) is 23.4 Å². The molecule has 0 aliphatic rings. The lowest BCUT2D eigenvalue weighted by molar-refractivity contribution is 0.0955. The van der Waals surface area contributed by atoms with E-state index in [1.54, 1.807) is 25.4 Å². The molecule has 0 aliphatic heterocycles. The Morgan fingerprint density at radius 1 is 1.48 bits per heavy atom. The number of ether oxygens (including phenoxy) is 1. The Labute approximate surface area is 127 Å². The monoisotopic (exact) mass is 301 g/mol. The van der Waals surface area contributed by atoms with E-state index in [1.807, 2.05) is 12.1 Å². The molecule has 0 spiro atoms. The third-order valence-electron chi connectivity index (χ3n) is 2.60. The second-order valence-electron chi connectivity index (χ2n) is 4.06. The predicted molar refractivity (Wildman–Crippen MR) is 82.2 cm³/mol. The Bertz CT molecular complexity index is 685. The van der Waals surface area contributed by atoms with Crippen LogP contribution in [0.4, 0.5) is 0 Å². The number of nitrogens with one attached hydrogen (secondary N) is 1. The average molecular weight is 301 g/mol. The molecule has 0 bridgehead atoms. The van der Waals surface area contributed by atoms with Gasteiger partial charge in [0.15, 0.2) is 0 Å². The summed E-state index contributed by atoms with van der Waals surface area (Å²) in [5.74, 6) is 6.07. The van der Waals surface area contributed by atoms with Gasteiger partial charge in [0.2, 0.25) is 5.88 Å². The molecule has 0 aliphatic carbocycles. The molecule has 0 saturated carbocycles. The van der Waals surface area contributed by atoms with Gasteiger partial charge in [-0.3, -0.25) is 4.79 Å². The smallest absolute Gasteiger partial charge is 0.261 e. The third kappa shape index (κ3) is 4.31. The van der Waals surface area contributed by atoms with Gasteiger partial charge >= 0.3 is 0 Å². The van der Waals surface area contributed by atoms with E-state index in [4.69, 9.17) is 10.5 Å². The highest BCUT2D eigenvalue weighted by Crippen LogP contribution is 2.15. The minimum Gasteiger partial charge on any atom is -0.481 e. The second-order valence-corrected chi connectivity index (χ2v) is 5.14. The Morgan fingerprint density at radius 3 is 3.10 bits per heavy atom. The number of hydrogen-bond acceptors (Lipinski definition) is 5. The molecule has 0 saturated heterocycles. The molecule has 108 valence electrons. The number of aromatic nitrogens is 1. The molecule has 3 N–H and O–H groups in total. The van der Waals surface area contributed by atoms with Crippen LogP contribution in [0, 0.1) is 11.8 Å². The number of methoxy groups -OCH3 is 1. The zero-order valence-electron chi connectivity index (χ0n) is 11.6. The molecule has 0 aromatic carbocycles. The number of thiophene rings is 1. The Balaban J connectivity index is 1.96. The molecule has 0 atom stereocenters. The van der Waals surface area contributed by atoms with Crippen LogP contribution < -0.4 is 15.8 Å². The summed E-state index contributed by atoms with van der Waals surface area (Å²) in [6.07, 6.45) is 1.64. The van der Waals surface area contributed by atoms with E-state index >= 15 is 0 Å². The van der Waals surface area contributed by atoms with E-state index in [9.17, 15) is 4.79 Å². The summed E-state index contributed by atoms with van der Waals surface area (Å²) in [7, 11) is 1.56. The number of nitrogens with zero attached hydrogens (tertiary/aromatic N) is 1. The topological polar surface area (TPSA) is 77.2 Å². The Hall–Kier alpha value is -2.36. The van der Waals surface area contributed by atoms with Crippen molar-refractivity contribution in [2.75, 3.05) is 13.7 Å². The highest BCUT2D eigenvalue weighted by Gasteiger charge is 2.08. The van der Waals surface area contributed by atoms with Crippen molar-refractivity contribution < 1.29 is 9.53 Å². The predicted octanol–water partition coefficient (Wildman–Crippen LogP) is 1.39. The first-order chi connectivity index (χ1) is 10.2. The number of hydrogen-bond donors (Lipinski definition) is 2. The van der Waals surface area contributed by atoms with E-state index in [1.165, 1.54) is 11.3 Å². The fourth-order valence-corrected chi connectivity index (χ4v) is 2.40. The summed E-state index contributed by atoms with van der Waals surface area (Å²) >= 11 is 1.35. The number of nitrogens with two attached hydrogens (primary N) is 1. The maximum absolute atomic E-state index is 12.0. The first-order valence-electron chi connectivity index (χ1n) is 6.29. The molecule has 2 aromatic heterocycles. The van der Waals surface area contributed by atoms with Crippen molar-refractivity contribution in [1.29, 1.82) is 0 Å². The molecule has 21 heavy (non-hydrogen) atoms. The van der Waals surface area contributed by atoms with E-state index in [-0.39, 0.29) is 5.91 Å². The molecule has 2 rings (SSSR count). The molecule has 1 amide bonds. The van der Waals surface area contributed by atoms with Gasteiger partial charge in [-0.15, -0.1) is 11.3 Å². The summed E-state index contributed by atoms with van der Waals surface area (Å²) in [5.41, 5.74) is 6.24. The van der Waals surface area contributed by atoms with Gasteiger partial charge in [-0.05, 0) is 23.8 Å². The van der Waals surface area contributed by atoms with Gasteiger partial charge in [0.25, 0.3) is 5.91 Å². The molecular weight excluding hydrogens is 286 g/mol. The average Bonchev–Trinajstić information content (AvgIpc) is 2.99. The van der Waals surface area contributed by atoms with E-state index in [2.05, 4.69) is 22.1 Å². The normalized spacial score (nSPS) is 9.62. The number of rotatable bonds is 4. The zero-order chi connectivity index (χ0) is 15.1. The van der Waals surface area contributed by atoms with Gasteiger partial charge < -0.3 is 15.8 Å². The lowest BCUT2D eigenvalue weighted by Gasteiger charge is -2.05. The molecule has 2 heterocycles. The van der Waals surface area contributed by atoms with Gasteiger partial charge in [0, 0.05) is 18.8 Å². The summed E-state index contributed by atoms with van der Waals surface area (Å²) < 4.78 is 5.04. The largest absolute Gasteiger partial charge is 0.481 e. The molecule has 0 unspecified atom stereocenters. The van der Waals surface area contributed by atoms with Crippen molar-refractivity contribution in [3.63, 3.8) is 0 Å². The van der Waals surface area contributed by atoms with Crippen molar-refractivity contribution in [2.24, 2.45) is 5.73 Å². The lowest BCUT2D eigenvalue weighted by Crippen LogP contribution is -2.21. The van der Waals surface area contributed by atoms with Crippen LogP contribution in [0.2, 0.25) is 0 Å². The molecule has 0 fully saturated rings. The van der Waals surface area contributed by atoms with Crippen molar-refractivity contribution in [3.05, 3.63) is 45.8 Å². The molecule has 5 nitrogen and oxygen atoms in total. The summed E-state index contributed by atoms with van der Waals surface area (Å²) in [5, 5.41) is 2.85. The van der Waals surface area contributed by atoms with Gasteiger partial charge in [-0.25, -0.2) is 4.98 Å². The van der Waals surface area contributed by atoms with Gasteiger partial charge in [-0.2, -0.15) is 0 Å². The van der Waals surface area contributed by atoms with Crippen LogP contribution in [0.15, 0.2) is 30.5 Å². The second kappa shape index (κ2) is 7.43. The summed E-state index contributed by atoms with van der Waals surface area (Å²) in [4.78, 5) is 17.5. The van der Waals surface area contributed by atoms with E-state index < -0.39 is 0 Å². The van der Waals surface area contributed by atoms with Gasteiger partial charge in [0.1, 0.15) is 0 Å². The SMILES string of the molecule is COc1cc(CNC(=O)c2ccc(C#CCN)s2)ccn1. The zero-order valence-corrected chi connectivity index (χ0v) is 12.4. The van der Waals surface area contributed by atoms with Crippen molar-refractivity contribution in [3.8, 4) is 17.7 Å². The minimum absolute atomic E-state index is 0.128. The molecular formula is C15H15N3O2S. The number of pyridine rings is 1. The third-order valence-corrected chi connectivity index (χ3v) is 3.60. The number of amides is 1. The van der Waals surface area contributed by atoms with E-state index in [0.717, 1.165) is 10.4 Å². The van der Waals surface area contributed by atoms with Crippen LogP contribution in [0.5, 0.6) is 5.88 Å². The Kier molecular flexibility index (Phi) is 5.32. The molecule has 0 radical (unpaired) electrons. The number of carbonyl (C=O) groups is 1. The Morgan fingerprint density at radius 2 is 2.33 bits per heavy atom. The van der Waals surface area contributed by atoms with Crippen LogP contribution >= 0.6 is 11.3 Å². The van der Waals surface area contributed by atoms with Crippen molar-refractivity contribution >= 4 is 17.2 Å². The molecule has 2 aromatic rings. The highest BCUT2D eigenvalue weighted by molar-refractivity contribution is 7.14. The van der Waals surface area contributed by atoms with Crippen molar-refractivity contribution in [2.45, 2.75) is 6.54 Å². The van der Waals surface area contributed by atoms with Gasteiger partial charge in [-0.1, -0.05) is 11.8 Å². The van der Waals surface area contributed by atoms with Crippen LogP contribution in [-0.2, 0) is 6.54 Å². The lowest BCUT2D eigenvalue weighted by atomic mass is 10.2. The van der Waals surface area contributed by atoms with Crippen LogP contribution in [-0.4, -0.2) is 24.5 Å². The first-order valence-corrected chi connectivity index (χ1v) is 7.10. The summed E-state index contributed by atoms with van der Waals surface area (Å²) in [6, 6.07) is 7.19. The molecule has 6 heteroatoms. The maximum atomic E-state index is 12.0. The highest BCUT2D eigenvalue weighted by atomic mass is 32.1. The van der Waals surface area contributed by atoms with Crippen LogP contribution in [0.25, 0.3) is 0 Å². The maximum Gasteiger partial charge on any atom is 0.261 e.